The summed E-state index contributed by atoms with van der Waals surface area (Å²) in [6.07, 6.45) is 2.07. The Morgan fingerprint density at radius 1 is 1.04 bits per heavy atom. The Morgan fingerprint density at radius 3 is 2.65 bits per heavy atom. The highest BCUT2D eigenvalue weighted by Crippen LogP contribution is 2.31. The highest BCUT2D eigenvalue weighted by Gasteiger charge is 2.05. The standard InChI is InChI=1S/C18H20N2O2S/c21-13-12-19-11-3-4-14-7-9-15(10-8-14)22-18-20-16-5-1-2-6-17(16)23-18/h1-2,5-10,19,21H,3-4,11-13H2. The molecule has 0 aliphatic heterocycles. The van der Waals surface area contributed by atoms with Crippen molar-refractivity contribution in [3.63, 3.8) is 0 Å². The summed E-state index contributed by atoms with van der Waals surface area (Å²) in [5.41, 5.74) is 2.26. The average Bonchev–Trinajstić information content (AvgIpc) is 2.98. The van der Waals surface area contributed by atoms with Gasteiger partial charge in [-0.05, 0) is 49.2 Å². The summed E-state index contributed by atoms with van der Waals surface area (Å²) in [5.74, 6) is 0.811. The van der Waals surface area contributed by atoms with Crippen LogP contribution in [0.3, 0.4) is 0 Å². The van der Waals surface area contributed by atoms with E-state index in [0.717, 1.165) is 35.4 Å². The molecule has 0 spiro atoms. The number of aliphatic hydroxyl groups is 1. The Labute approximate surface area is 139 Å². The molecule has 3 rings (SSSR count). The molecule has 0 bridgehead atoms. The highest BCUT2D eigenvalue weighted by atomic mass is 32.1. The van der Waals surface area contributed by atoms with Crippen molar-refractivity contribution in [3.05, 3.63) is 54.1 Å². The van der Waals surface area contributed by atoms with Crippen LogP contribution in [0.25, 0.3) is 10.2 Å². The molecule has 0 unspecified atom stereocenters. The van der Waals surface area contributed by atoms with Gasteiger partial charge in [-0.3, -0.25) is 0 Å². The molecule has 3 aromatic rings. The molecule has 23 heavy (non-hydrogen) atoms. The zero-order valence-corrected chi connectivity index (χ0v) is 13.7. The summed E-state index contributed by atoms with van der Waals surface area (Å²) in [6, 6.07) is 16.2. The first-order valence-corrected chi connectivity index (χ1v) is 8.61. The van der Waals surface area contributed by atoms with Gasteiger partial charge in [0.15, 0.2) is 0 Å². The third-order valence-corrected chi connectivity index (χ3v) is 4.42. The second-order valence-electron chi connectivity index (χ2n) is 5.27. The number of fused-ring (bicyclic) bond motifs is 1. The fourth-order valence-corrected chi connectivity index (χ4v) is 3.18. The molecule has 2 aromatic carbocycles. The Kier molecular flexibility index (Phi) is 5.58. The van der Waals surface area contributed by atoms with Crippen molar-refractivity contribution in [2.24, 2.45) is 0 Å². The molecule has 5 heteroatoms. The molecule has 0 aliphatic rings. The van der Waals surface area contributed by atoms with Gasteiger partial charge in [-0.15, -0.1) is 0 Å². The number of para-hydroxylation sites is 1. The van der Waals surface area contributed by atoms with Gasteiger partial charge in [-0.1, -0.05) is 35.6 Å². The Morgan fingerprint density at radius 2 is 1.87 bits per heavy atom. The second kappa shape index (κ2) is 8.06. The van der Waals surface area contributed by atoms with E-state index in [1.165, 1.54) is 5.56 Å². The molecule has 0 radical (unpaired) electrons. The molecule has 1 heterocycles. The van der Waals surface area contributed by atoms with Crippen molar-refractivity contribution in [2.75, 3.05) is 19.7 Å². The largest absolute Gasteiger partial charge is 0.431 e. The molecule has 1 aromatic heterocycles. The summed E-state index contributed by atoms with van der Waals surface area (Å²) >= 11 is 1.56. The number of rotatable bonds is 8. The fraction of sp³-hybridized carbons (Fsp3) is 0.278. The summed E-state index contributed by atoms with van der Waals surface area (Å²) in [7, 11) is 0. The number of hydrogen-bond donors (Lipinski definition) is 2. The van der Waals surface area contributed by atoms with E-state index in [0.29, 0.717) is 11.7 Å². The molecule has 4 nitrogen and oxygen atoms in total. The zero-order chi connectivity index (χ0) is 15.9. The zero-order valence-electron chi connectivity index (χ0n) is 12.9. The number of ether oxygens (including phenoxy) is 1. The van der Waals surface area contributed by atoms with Gasteiger partial charge < -0.3 is 15.2 Å². The van der Waals surface area contributed by atoms with E-state index >= 15 is 0 Å². The lowest BCUT2D eigenvalue weighted by molar-refractivity contribution is 0.292. The number of thiazole rings is 1. The normalized spacial score (nSPS) is 11.0. The Hall–Kier alpha value is -1.95. The molecule has 0 saturated heterocycles. The van der Waals surface area contributed by atoms with Gasteiger partial charge in [-0.2, -0.15) is 0 Å². The van der Waals surface area contributed by atoms with Crippen molar-refractivity contribution in [2.45, 2.75) is 12.8 Å². The number of nitrogens with zero attached hydrogens (tertiary/aromatic N) is 1. The van der Waals surface area contributed by atoms with Gasteiger partial charge in [0, 0.05) is 6.54 Å². The average molecular weight is 328 g/mol. The van der Waals surface area contributed by atoms with Crippen LogP contribution in [0, 0.1) is 0 Å². The summed E-state index contributed by atoms with van der Waals surface area (Å²) < 4.78 is 6.98. The molecule has 0 fully saturated rings. The Balaban J connectivity index is 1.54. The van der Waals surface area contributed by atoms with Crippen LogP contribution in [0.2, 0.25) is 0 Å². The minimum absolute atomic E-state index is 0.192. The quantitative estimate of drug-likeness (QED) is 0.620. The van der Waals surface area contributed by atoms with Crippen LogP contribution in [-0.4, -0.2) is 29.8 Å². The summed E-state index contributed by atoms with van der Waals surface area (Å²) in [6.45, 7) is 1.78. The maximum atomic E-state index is 8.70. The van der Waals surface area contributed by atoms with Crippen LogP contribution in [0.4, 0.5) is 0 Å². The smallest absolute Gasteiger partial charge is 0.279 e. The minimum atomic E-state index is 0.192. The third-order valence-electron chi connectivity index (χ3n) is 3.51. The summed E-state index contributed by atoms with van der Waals surface area (Å²) in [4.78, 5) is 4.48. The van der Waals surface area contributed by atoms with E-state index in [1.54, 1.807) is 11.3 Å². The maximum Gasteiger partial charge on any atom is 0.279 e. The van der Waals surface area contributed by atoms with Gasteiger partial charge >= 0.3 is 0 Å². The highest BCUT2D eigenvalue weighted by molar-refractivity contribution is 7.20. The second-order valence-corrected chi connectivity index (χ2v) is 6.26. The predicted molar refractivity (Wildman–Crippen MR) is 94.4 cm³/mol. The molecular formula is C18H20N2O2S. The first-order valence-electron chi connectivity index (χ1n) is 7.79. The molecule has 0 atom stereocenters. The van der Waals surface area contributed by atoms with Crippen LogP contribution in [0.15, 0.2) is 48.5 Å². The molecule has 0 amide bonds. The SMILES string of the molecule is OCCNCCCc1ccc(Oc2nc3ccccc3s2)cc1. The van der Waals surface area contributed by atoms with Crippen LogP contribution in [-0.2, 0) is 6.42 Å². The number of aromatic nitrogens is 1. The fourth-order valence-electron chi connectivity index (χ4n) is 2.34. The predicted octanol–water partition coefficient (Wildman–Crippen LogP) is 3.60. The van der Waals surface area contributed by atoms with E-state index < -0.39 is 0 Å². The van der Waals surface area contributed by atoms with Crippen molar-refractivity contribution < 1.29 is 9.84 Å². The van der Waals surface area contributed by atoms with Crippen LogP contribution < -0.4 is 10.1 Å². The number of nitrogens with one attached hydrogen (secondary N) is 1. The number of benzene rings is 2. The van der Waals surface area contributed by atoms with Crippen LogP contribution >= 0.6 is 11.3 Å². The lowest BCUT2D eigenvalue weighted by Gasteiger charge is -2.05. The van der Waals surface area contributed by atoms with E-state index in [2.05, 4.69) is 22.4 Å². The van der Waals surface area contributed by atoms with Gasteiger partial charge in [0.1, 0.15) is 5.75 Å². The van der Waals surface area contributed by atoms with Crippen molar-refractivity contribution in [1.82, 2.24) is 10.3 Å². The number of aryl methyl sites for hydroxylation is 1. The monoisotopic (exact) mass is 328 g/mol. The van der Waals surface area contributed by atoms with E-state index in [-0.39, 0.29) is 6.61 Å². The van der Waals surface area contributed by atoms with E-state index in [1.807, 2.05) is 36.4 Å². The van der Waals surface area contributed by atoms with Gasteiger partial charge in [0.2, 0.25) is 0 Å². The minimum Gasteiger partial charge on any atom is -0.431 e. The first-order chi connectivity index (χ1) is 11.3. The maximum absolute atomic E-state index is 8.70. The molecule has 0 aliphatic carbocycles. The third kappa shape index (κ3) is 4.51. The Bertz CT molecular complexity index is 707. The topological polar surface area (TPSA) is 54.4 Å². The molecule has 0 saturated carbocycles. The number of aliphatic hydroxyl groups excluding tert-OH is 1. The summed E-state index contributed by atoms with van der Waals surface area (Å²) in [5, 5.41) is 12.6. The first kappa shape index (κ1) is 15.9. The number of hydrogen-bond acceptors (Lipinski definition) is 5. The van der Waals surface area contributed by atoms with Gasteiger partial charge in [-0.25, -0.2) is 4.98 Å². The van der Waals surface area contributed by atoms with E-state index in [4.69, 9.17) is 9.84 Å². The van der Waals surface area contributed by atoms with Gasteiger partial charge in [0.05, 0.1) is 16.8 Å². The van der Waals surface area contributed by atoms with Crippen molar-refractivity contribution in [1.29, 1.82) is 0 Å². The van der Waals surface area contributed by atoms with Crippen LogP contribution in [0.5, 0.6) is 10.9 Å². The molecule has 2 N–H and O–H groups in total. The lowest BCUT2D eigenvalue weighted by atomic mass is 10.1. The van der Waals surface area contributed by atoms with E-state index in [9.17, 15) is 0 Å². The van der Waals surface area contributed by atoms with Crippen molar-refractivity contribution in [3.8, 4) is 10.9 Å². The molecular weight excluding hydrogens is 308 g/mol. The van der Waals surface area contributed by atoms with Crippen LogP contribution in [0.1, 0.15) is 12.0 Å². The molecule has 120 valence electrons. The lowest BCUT2D eigenvalue weighted by Crippen LogP contribution is -2.19. The van der Waals surface area contributed by atoms with Gasteiger partial charge in [0.25, 0.3) is 5.19 Å². The van der Waals surface area contributed by atoms with Crippen molar-refractivity contribution >= 4 is 21.6 Å².